The van der Waals surface area contributed by atoms with Crippen molar-refractivity contribution in [3.8, 4) is 0 Å². The van der Waals surface area contributed by atoms with E-state index in [1.54, 1.807) is 12.7 Å². The number of hydrogen-bond acceptors (Lipinski definition) is 3. The van der Waals surface area contributed by atoms with Gasteiger partial charge in [-0.25, -0.2) is 9.78 Å². The Morgan fingerprint density at radius 3 is 2.62 bits per heavy atom. The Balaban J connectivity index is 1.36. The monoisotopic (exact) mass is 347 g/mol. The minimum absolute atomic E-state index is 0.107. The second-order valence-electron chi connectivity index (χ2n) is 6.29. The van der Waals surface area contributed by atoms with Crippen LogP contribution in [0.4, 0.5) is 4.79 Å². The SMILES string of the molecule is O=C(NCc1ccc(Cl)cc1)NC1CCC(Cn2cncn2)CC1. The van der Waals surface area contributed by atoms with Crippen molar-refractivity contribution >= 4 is 17.6 Å². The van der Waals surface area contributed by atoms with Gasteiger partial charge in [0.05, 0.1) is 0 Å². The van der Waals surface area contributed by atoms with Crippen molar-refractivity contribution in [3.63, 3.8) is 0 Å². The zero-order valence-corrected chi connectivity index (χ0v) is 14.2. The third-order valence-electron chi connectivity index (χ3n) is 4.46. The molecule has 0 unspecified atom stereocenters. The molecule has 3 rings (SSSR count). The molecular weight excluding hydrogens is 326 g/mol. The minimum Gasteiger partial charge on any atom is -0.335 e. The van der Waals surface area contributed by atoms with E-state index < -0.39 is 0 Å². The Morgan fingerprint density at radius 1 is 1.21 bits per heavy atom. The summed E-state index contributed by atoms with van der Waals surface area (Å²) in [6, 6.07) is 7.63. The number of urea groups is 1. The van der Waals surface area contributed by atoms with E-state index in [0.717, 1.165) is 37.8 Å². The number of aromatic nitrogens is 3. The topological polar surface area (TPSA) is 71.8 Å². The van der Waals surface area contributed by atoms with Gasteiger partial charge >= 0.3 is 6.03 Å². The molecule has 0 bridgehead atoms. The zero-order valence-electron chi connectivity index (χ0n) is 13.5. The predicted molar refractivity (Wildman–Crippen MR) is 92.6 cm³/mol. The number of nitrogens with zero attached hydrogens (tertiary/aromatic N) is 3. The minimum atomic E-state index is -0.107. The lowest BCUT2D eigenvalue weighted by Crippen LogP contribution is -2.43. The molecule has 2 N–H and O–H groups in total. The van der Waals surface area contributed by atoms with Crippen molar-refractivity contribution in [3.05, 3.63) is 47.5 Å². The first kappa shape index (κ1) is 16.8. The van der Waals surface area contributed by atoms with Gasteiger partial charge in [-0.05, 0) is 49.3 Å². The highest BCUT2D eigenvalue weighted by Crippen LogP contribution is 2.25. The van der Waals surface area contributed by atoms with Crippen molar-refractivity contribution in [1.29, 1.82) is 0 Å². The van der Waals surface area contributed by atoms with Crippen molar-refractivity contribution < 1.29 is 4.79 Å². The number of amides is 2. The van der Waals surface area contributed by atoms with Gasteiger partial charge in [0.25, 0.3) is 0 Å². The summed E-state index contributed by atoms with van der Waals surface area (Å²) in [6.45, 7) is 1.42. The highest BCUT2D eigenvalue weighted by Gasteiger charge is 2.22. The molecule has 128 valence electrons. The van der Waals surface area contributed by atoms with Gasteiger partial charge in [-0.15, -0.1) is 0 Å². The average Bonchev–Trinajstić information content (AvgIpc) is 3.09. The van der Waals surface area contributed by atoms with E-state index in [1.165, 1.54) is 0 Å². The van der Waals surface area contributed by atoms with Crippen molar-refractivity contribution in [2.75, 3.05) is 0 Å². The van der Waals surface area contributed by atoms with Crippen LogP contribution in [0.2, 0.25) is 5.02 Å². The van der Waals surface area contributed by atoms with E-state index in [-0.39, 0.29) is 12.1 Å². The van der Waals surface area contributed by atoms with Gasteiger partial charge in [0.1, 0.15) is 12.7 Å². The summed E-state index contributed by atoms with van der Waals surface area (Å²) < 4.78 is 1.89. The lowest BCUT2D eigenvalue weighted by molar-refractivity contribution is 0.222. The molecule has 0 aliphatic heterocycles. The molecule has 1 aromatic heterocycles. The smallest absolute Gasteiger partial charge is 0.315 e. The summed E-state index contributed by atoms with van der Waals surface area (Å²) in [4.78, 5) is 16.0. The normalized spacial score (nSPS) is 20.5. The maximum atomic E-state index is 12.0. The van der Waals surface area contributed by atoms with Crippen molar-refractivity contribution in [2.24, 2.45) is 5.92 Å². The second-order valence-corrected chi connectivity index (χ2v) is 6.73. The van der Waals surface area contributed by atoms with E-state index in [9.17, 15) is 4.79 Å². The van der Waals surface area contributed by atoms with Gasteiger partial charge in [-0.1, -0.05) is 23.7 Å². The molecule has 2 aromatic rings. The number of rotatable bonds is 5. The summed E-state index contributed by atoms with van der Waals surface area (Å²) >= 11 is 5.85. The van der Waals surface area contributed by atoms with Gasteiger partial charge in [0, 0.05) is 24.2 Å². The lowest BCUT2D eigenvalue weighted by atomic mass is 9.86. The fraction of sp³-hybridized carbons (Fsp3) is 0.471. The number of halogens is 1. The summed E-state index contributed by atoms with van der Waals surface area (Å²) in [5, 5.41) is 10.8. The van der Waals surface area contributed by atoms with Crippen LogP contribution in [0.25, 0.3) is 0 Å². The average molecular weight is 348 g/mol. The van der Waals surface area contributed by atoms with Gasteiger partial charge in [-0.3, -0.25) is 4.68 Å². The molecular formula is C17H22ClN5O. The fourth-order valence-electron chi connectivity index (χ4n) is 3.10. The van der Waals surface area contributed by atoms with Crippen LogP contribution in [0, 0.1) is 5.92 Å². The van der Waals surface area contributed by atoms with Crippen LogP contribution < -0.4 is 10.6 Å². The molecule has 2 amide bonds. The Labute approximate surface area is 146 Å². The highest BCUT2D eigenvalue weighted by molar-refractivity contribution is 6.30. The Hall–Kier alpha value is -2.08. The number of nitrogens with one attached hydrogen (secondary N) is 2. The molecule has 6 nitrogen and oxygen atoms in total. The summed E-state index contributed by atoms with van der Waals surface area (Å²) in [5.41, 5.74) is 1.03. The quantitative estimate of drug-likeness (QED) is 0.873. The standard InChI is InChI=1S/C17H22ClN5O/c18-15-5-1-13(2-6-15)9-20-17(24)22-16-7-3-14(4-8-16)10-23-12-19-11-21-23/h1-2,5-6,11-12,14,16H,3-4,7-10H2,(H2,20,22,24). The Morgan fingerprint density at radius 2 is 1.96 bits per heavy atom. The van der Waals surface area contributed by atoms with Crippen LogP contribution in [0.3, 0.4) is 0 Å². The Bertz CT molecular complexity index is 636. The summed E-state index contributed by atoms with van der Waals surface area (Å²) in [5.74, 6) is 0.613. The molecule has 1 heterocycles. The molecule has 0 saturated heterocycles. The number of hydrogen-bond donors (Lipinski definition) is 2. The molecule has 0 atom stereocenters. The molecule has 1 aromatic carbocycles. The largest absolute Gasteiger partial charge is 0.335 e. The van der Waals surface area contributed by atoms with Crippen molar-refractivity contribution in [2.45, 2.75) is 44.8 Å². The van der Waals surface area contributed by atoms with Crippen LogP contribution in [0.5, 0.6) is 0 Å². The zero-order chi connectivity index (χ0) is 16.8. The molecule has 1 aliphatic rings. The fourth-order valence-corrected chi connectivity index (χ4v) is 3.23. The molecule has 0 spiro atoms. The Kier molecular flexibility index (Phi) is 5.69. The van der Waals surface area contributed by atoms with Gasteiger partial charge in [0.2, 0.25) is 0 Å². The predicted octanol–water partition coefficient (Wildman–Crippen LogP) is 2.99. The van der Waals surface area contributed by atoms with Gasteiger partial charge in [-0.2, -0.15) is 5.10 Å². The van der Waals surface area contributed by atoms with E-state index in [1.807, 2.05) is 28.9 Å². The van der Waals surface area contributed by atoms with E-state index in [0.29, 0.717) is 17.5 Å². The molecule has 24 heavy (non-hydrogen) atoms. The van der Waals surface area contributed by atoms with Crippen LogP contribution in [0.15, 0.2) is 36.9 Å². The maximum Gasteiger partial charge on any atom is 0.315 e. The first-order valence-electron chi connectivity index (χ1n) is 8.30. The van der Waals surface area contributed by atoms with E-state index >= 15 is 0 Å². The van der Waals surface area contributed by atoms with Crippen LogP contribution in [-0.4, -0.2) is 26.8 Å². The molecule has 0 radical (unpaired) electrons. The number of carbonyl (C=O) groups is 1. The van der Waals surface area contributed by atoms with Crippen LogP contribution in [0.1, 0.15) is 31.2 Å². The molecule has 1 aliphatic carbocycles. The second kappa shape index (κ2) is 8.15. The lowest BCUT2D eigenvalue weighted by Gasteiger charge is -2.29. The maximum absolute atomic E-state index is 12.0. The third-order valence-corrected chi connectivity index (χ3v) is 4.71. The summed E-state index contributed by atoms with van der Waals surface area (Å²) in [7, 11) is 0. The van der Waals surface area contributed by atoms with Crippen LogP contribution >= 0.6 is 11.6 Å². The van der Waals surface area contributed by atoms with Crippen molar-refractivity contribution in [1.82, 2.24) is 25.4 Å². The number of benzene rings is 1. The highest BCUT2D eigenvalue weighted by atomic mass is 35.5. The molecule has 7 heteroatoms. The van der Waals surface area contributed by atoms with E-state index in [2.05, 4.69) is 20.7 Å². The van der Waals surface area contributed by atoms with Crippen LogP contribution in [-0.2, 0) is 13.1 Å². The molecule has 1 fully saturated rings. The third kappa shape index (κ3) is 4.96. The first-order chi connectivity index (χ1) is 11.7. The molecule has 1 saturated carbocycles. The number of carbonyl (C=O) groups excluding carboxylic acids is 1. The van der Waals surface area contributed by atoms with Gasteiger partial charge in [0.15, 0.2) is 0 Å². The first-order valence-corrected chi connectivity index (χ1v) is 8.68. The van der Waals surface area contributed by atoms with Gasteiger partial charge < -0.3 is 10.6 Å². The van der Waals surface area contributed by atoms with E-state index in [4.69, 9.17) is 11.6 Å². The summed E-state index contributed by atoms with van der Waals surface area (Å²) in [6.07, 6.45) is 7.54.